The summed E-state index contributed by atoms with van der Waals surface area (Å²) in [5.74, 6) is 0.439. The van der Waals surface area contributed by atoms with Crippen molar-refractivity contribution in [2.45, 2.75) is 29.0 Å². The van der Waals surface area contributed by atoms with Gasteiger partial charge < -0.3 is 4.90 Å². The molecule has 24 heavy (non-hydrogen) atoms. The Morgan fingerprint density at radius 1 is 0.917 bits per heavy atom. The van der Waals surface area contributed by atoms with Gasteiger partial charge in [-0.15, -0.1) is 0 Å². The summed E-state index contributed by atoms with van der Waals surface area (Å²) in [4.78, 5) is 2.12. The van der Waals surface area contributed by atoms with Gasteiger partial charge in [0, 0.05) is 17.9 Å². The van der Waals surface area contributed by atoms with Gasteiger partial charge in [-0.3, -0.25) is 0 Å². The largest absolute Gasteiger partial charge is 0.304 e. The molecule has 3 aliphatic carbocycles. The van der Waals surface area contributed by atoms with Crippen molar-refractivity contribution >= 4 is 9.84 Å². The molecule has 4 aliphatic rings. The maximum atomic E-state index is 13.1. The second-order valence-electron chi connectivity index (χ2n) is 7.66. The number of nitrogens with zero attached hydrogens (tertiary/aromatic N) is 1. The Bertz CT molecular complexity index is 902. The third-order valence-corrected chi connectivity index (χ3v) is 9.11. The van der Waals surface area contributed by atoms with Crippen LogP contribution in [0.3, 0.4) is 0 Å². The van der Waals surface area contributed by atoms with Crippen molar-refractivity contribution in [3.8, 4) is 0 Å². The predicted octanol–water partition coefficient (Wildman–Crippen LogP) is 2.76. The lowest BCUT2D eigenvalue weighted by molar-refractivity contribution is 0.173. The standard InChI is InChI=1S/C20H21NO2S/c1-21(2)18-12-24(22,23)20(18)11-17-13-7-3-5-9-15(13)19(20)16-10-6-4-8-14(16)17/h3-10,17-19H,11-12H2,1-2H3/t17?,18-,19?,20+/m1/s1. The van der Waals surface area contributed by atoms with Crippen LogP contribution in [-0.2, 0) is 9.84 Å². The Morgan fingerprint density at radius 3 is 1.88 bits per heavy atom. The number of benzene rings is 2. The van der Waals surface area contributed by atoms with E-state index in [-0.39, 0.29) is 23.6 Å². The van der Waals surface area contributed by atoms with E-state index in [1.165, 1.54) is 22.3 Å². The molecule has 0 amide bonds. The molecule has 6 rings (SSSR count). The molecule has 1 heterocycles. The first-order valence-electron chi connectivity index (χ1n) is 8.54. The molecule has 2 aromatic carbocycles. The minimum atomic E-state index is -3.10. The van der Waals surface area contributed by atoms with Gasteiger partial charge in [0.05, 0.1) is 5.75 Å². The lowest BCUT2D eigenvalue weighted by Crippen LogP contribution is -2.73. The molecule has 1 spiro atoms. The first kappa shape index (κ1) is 14.7. The molecule has 1 saturated heterocycles. The first-order chi connectivity index (χ1) is 11.5. The van der Waals surface area contributed by atoms with Crippen molar-refractivity contribution in [2.75, 3.05) is 19.8 Å². The third kappa shape index (κ3) is 1.50. The number of rotatable bonds is 1. The first-order valence-corrected chi connectivity index (χ1v) is 10.2. The van der Waals surface area contributed by atoms with Crippen LogP contribution in [0.1, 0.15) is 40.5 Å². The molecule has 3 nitrogen and oxygen atoms in total. The van der Waals surface area contributed by atoms with E-state index in [0.717, 1.165) is 6.42 Å². The van der Waals surface area contributed by atoms with Crippen LogP contribution in [-0.4, -0.2) is 44.0 Å². The summed E-state index contributed by atoms with van der Waals surface area (Å²) in [6.45, 7) is 0. The van der Waals surface area contributed by atoms with Crippen LogP contribution in [0.5, 0.6) is 0 Å². The maximum Gasteiger partial charge on any atom is 0.160 e. The number of hydrogen-bond acceptors (Lipinski definition) is 3. The Labute approximate surface area is 143 Å². The molecule has 1 fully saturated rings. The molecule has 4 heteroatoms. The maximum absolute atomic E-state index is 13.1. The highest BCUT2D eigenvalue weighted by molar-refractivity contribution is 7.94. The average Bonchev–Trinajstić information content (AvgIpc) is 2.59. The summed E-state index contributed by atoms with van der Waals surface area (Å²) in [5, 5.41) is 0. The van der Waals surface area contributed by atoms with E-state index >= 15 is 0 Å². The van der Waals surface area contributed by atoms with Crippen LogP contribution < -0.4 is 0 Å². The van der Waals surface area contributed by atoms with E-state index in [0.29, 0.717) is 0 Å². The van der Waals surface area contributed by atoms with Crippen molar-refractivity contribution in [3.05, 3.63) is 70.8 Å². The van der Waals surface area contributed by atoms with Crippen LogP contribution >= 0.6 is 0 Å². The molecular weight excluding hydrogens is 318 g/mol. The molecule has 0 radical (unpaired) electrons. The normalized spacial score (nSPS) is 34.7. The zero-order chi connectivity index (χ0) is 16.7. The Balaban J connectivity index is 1.84. The highest BCUT2D eigenvalue weighted by Crippen LogP contribution is 2.64. The summed E-state index contributed by atoms with van der Waals surface area (Å²) >= 11 is 0. The molecule has 0 unspecified atom stereocenters. The minimum absolute atomic E-state index is 0.0407. The van der Waals surface area contributed by atoms with Crippen LogP contribution in [0, 0.1) is 0 Å². The lowest BCUT2D eigenvalue weighted by atomic mass is 9.56. The van der Waals surface area contributed by atoms with Crippen LogP contribution in [0.4, 0.5) is 0 Å². The summed E-state index contributed by atoms with van der Waals surface area (Å²) in [5.41, 5.74) is 5.10. The smallest absolute Gasteiger partial charge is 0.160 e. The SMILES string of the molecule is CN(C)[C@@H]1CS(=O)(=O)[C@@]12CC1c3ccccc3C2c2ccccc21. The topological polar surface area (TPSA) is 37.4 Å². The Morgan fingerprint density at radius 2 is 1.42 bits per heavy atom. The van der Waals surface area contributed by atoms with E-state index in [2.05, 4.69) is 41.3 Å². The van der Waals surface area contributed by atoms with Gasteiger partial charge in [0.15, 0.2) is 9.84 Å². The van der Waals surface area contributed by atoms with Gasteiger partial charge in [-0.25, -0.2) is 8.42 Å². The second-order valence-corrected chi connectivity index (χ2v) is 9.99. The van der Waals surface area contributed by atoms with Crippen LogP contribution in [0.25, 0.3) is 0 Å². The number of hydrogen-bond donors (Lipinski definition) is 0. The zero-order valence-electron chi connectivity index (χ0n) is 13.9. The molecule has 0 aromatic heterocycles. The van der Waals surface area contributed by atoms with Crippen molar-refractivity contribution in [1.82, 2.24) is 4.90 Å². The van der Waals surface area contributed by atoms with Gasteiger partial charge in [-0.2, -0.15) is 0 Å². The third-order valence-electron chi connectivity index (χ3n) is 6.52. The number of sulfone groups is 1. The van der Waals surface area contributed by atoms with E-state index in [1.807, 2.05) is 26.2 Å². The molecule has 2 aromatic rings. The van der Waals surface area contributed by atoms with Gasteiger partial charge in [-0.1, -0.05) is 48.5 Å². The van der Waals surface area contributed by atoms with Gasteiger partial charge in [0.25, 0.3) is 0 Å². The molecular formula is C20H21NO2S. The quantitative estimate of drug-likeness (QED) is 0.802. The van der Waals surface area contributed by atoms with Crippen molar-refractivity contribution in [3.63, 3.8) is 0 Å². The second kappa shape index (κ2) is 4.50. The molecule has 1 aliphatic heterocycles. The molecule has 0 N–H and O–H groups in total. The minimum Gasteiger partial charge on any atom is -0.304 e. The highest BCUT2D eigenvalue weighted by atomic mass is 32.2. The van der Waals surface area contributed by atoms with Crippen molar-refractivity contribution in [1.29, 1.82) is 0 Å². The molecule has 124 valence electrons. The van der Waals surface area contributed by atoms with Gasteiger partial charge in [-0.05, 0) is 42.8 Å². The van der Waals surface area contributed by atoms with Gasteiger partial charge in [0.1, 0.15) is 4.75 Å². The van der Waals surface area contributed by atoms with Crippen molar-refractivity contribution < 1.29 is 8.42 Å². The molecule has 2 bridgehead atoms. The lowest BCUT2D eigenvalue weighted by Gasteiger charge is -2.61. The monoisotopic (exact) mass is 339 g/mol. The highest BCUT2D eigenvalue weighted by Gasteiger charge is 2.69. The van der Waals surface area contributed by atoms with E-state index in [1.54, 1.807) is 0 Å². The summed E-state index contributed by atoms with van der Waals surface area (Å²) < 4.78 is 25.5. The van der Waals surface area contributed by atoms with Crippen LogP contribution in [0.15, 0.2) is 48.5 Å². The zero-order valence-corrected chi connectivity index (χ0v) is 14.8. The fourth-order valence-electron chi connectivity index (χ4n) is 5.53. The average molecular weight is 339 g/mol. The van der Waals surface area contributed by atoms with Crippen LogP contribution in [0.2, 0.25) is 0 Å². The summed E-state index contributed by atoms with van der Waals surface area (Å²) in [7, 11) is 0.933. The Kier molecular flexibility index (Phi) is 2.75. The van der Waals surface area contributed by atoms with Gasteiger partial charge >= 0.3 is 0 Å². The fraction of sp³-hybridized carbons (Fsp3) is 0.400. The molecule has 2 atom stereocenters. The Hall–Kier alpha value is -1.65. The van der Waals surface area contributed by atoms with E-state index in [4.69, 9.17) is 0 Å². The summed E-state index contributed by atoms with van der Waals surface area (Å²) in [6.07, 6.45) is 0.719. The van der Waals surface area contributed by atoms with Gasteiger partial charge in [0.2, 0.25) is 0 Å². The van der Waals surface area contributed by atoms with Crippen molar-refractivity contribution in [2.24, 2.45) is 0 Å². The fourth-order valence-corrected chi connectivity index (χ4v) is 8.30. The van der Waals surface area contributed by atoms with E-state index in [9.17, 15) is 8.42 Å². The molecule has 0 saturated carbocycles. The predicted molar refractivity (Wildman–Crippen MR) is 95.2 cm³/mol. The van der Waals surface area contributed by atoms with E-state index < -0.39 is 14.6 Å². The summed E-state index contributed by atoms with van der Waals surface area (Å²) in [6, 6.07) is 17.0.